The molecule has 0 spiro atoms. The quantitative estimate of drug-likeness (QED) is 0.661. The highest BCUT2D eigenvalue weighted by Crippen LogP contribution is 2.37. The van der Waals surface area contributed by atoms with Crippen LogP contribution in [-0.2, 0) is 9.53 Å². The summed E-state index contributed by atoms with van der Waals surface area (Å²) in [5.41, 5.74) is 0.458. The maximum absolute atomic E-state index is 10.5. The van der Waals surface area contributed by atoms with Crippen LogP contribution in [0.2, 0.25) is 0 Å². The van der Waals surface area contributed by atoms with Crippen molar-refractivity contribution in [2.75, 3.05) is 27.3 Å². The molecule has 3 nitrogen and oxygen atoms in total. The number of carbonyl (C=O) groups excluding carboxylic acids is 1. The van der Waals surface area contributed by atoms with Crippen LogP contribution in [-0.4, -0.2) is 38.6 Å². The smallest absolute Gasteiger partial charge is 0.209 e. The fourth-order valence-electron chi connectivity index (χ4n) is 1.72. The summed E-state index contributed by atoms with van der Waals surface area (Å²) in [6.45, 7) is 8.77. The van der Waals surface area contributed by atoms with E-state index in [0.717, 1.165) is 38.3 Å². The Morgan fingerprint density at radius 3 is 1.93 bits per heavy atom. The molecule has 0 aromatic carbocycles. The third-order valence-corrected chi connectivity index (χ3v) is 3.48. The van der Waals surface area contributed by atoms with E-state index in [-0.39, 0.29) is 0 Å². The van der Waals surface area contributed by atoms with Crippen molar-refractivity contribution in [2.45, 2.75) is 33.6 Å². The van der Waals surface area contributed by atoms with Crippen LogP contribution in [0, 0.1) is 11.3 Å². The first-order valence-electron chi connectivity index (χ1n) is 5.59. The molecule has 0 saturated carbocycles. The van der Waals surface area contributed by atoms with Crippen LogP contribution in [0.15, 0.2) is 0 Å². The van der Waals surface area contributed by atoms with Crippen LogP contribution in [0.5, 0.6) is 0 Å². The Morgan fingerprint density at radius 2 is 1.67 bits per heavy atom. The Morgan fingerprint density at radius 1 is 1.27 bits per heavy atom. The fraction of sp³-hybridized carbons (Fsp3) is 0.917. The van der Waals surface area contributed by atoms with Crippen LogP contribution in [0.3, 0.4) is 0 Å². The lowest BCUT2D eigenvalue weighted by Gasteiger charge is -2.40. The maximum Gasteiger partial charge on any atom is 0.209 e. The molecule has 3 heteroatoms. The molecule has 0 unspecified atom stereocenters. The summed E-state index contributed by atoms with van der Waals surface area (Å²) >= 11 is 0. The molecule has 1 rings (SSSR count). The molecule has 15 heavy (non-hydrogen) atoms. The third kappa shape index (κ3) is 4.65. The van der Waals surface area contributed by atoms with E-state index in [9.17, 15) is 4.79 Å². The van der Waals surface area contributed by atoms with Crippen molar-refractivity contribution in [1.82, 2.24) is 4.90 Å². The molecule has 0 aromatic heterocycles. The second-order valence-corrected chi connectivity index (χ2v) is 4.86. The van der Waals surface area contributed by atoms with Gasteiger partial charge in [-0.1, -0.05) is 20.8 Å². The van der Waals surface area contributed by atoms with E-state index >= 15 is 0 Å². The van der Waals surface area contributed by atoms with Crippen LogP contribution >= 0.6 is 0 Å². The van der Waals surface area contributed by atoms with Gasteiger partial charge in [-0.3, -0.25) is 4.79 Å². The number of hydrogen-bond donors (Lipinski definition) is 0. The molecule has 1 saturated heterocycles. The minimum Gasteiger partial charge on any atom is -0.388 e. The Bertz CT molecular complexity index is 172. The summed E-state index contributed by atoms with van der Waals surface area (Å²) < 4.78 is 4.25. The molecule has 0 atom stereocenters. The highest BCUT2D eigenvalue weighted by molar-refractivity contribution is 5.47. The van der Waals surface area contributed by atoms with Gasteiger partial charge in [0.1, 0.15) is 0 Å². The van der Waals surface area contributed by atoms with Gasteiger partial charge in [0.15, 0.2) is 0 Å². The van der Waals surface area contributed by atoms with Crippen LogP contribution in [0.25, 0.3) is 0 Å². The molecule has 0 N–H and O–H groups in total. The molecule has 0 aromatic rings. The van der Waals surface area contributed by atoms with Crippen molar-refractivity contribution in [2.24, 2.45) is 11.3 Å². The number of ether oxygens (including phenoxy) is 1. The third-order valence-electron chi connectivity index (χ3n) is 3.48. The number of likely N-dealkylation sites (tertiary alicyclic amines) is 1. The topological polar surface area (TPSA) is 29.5 Å². The zero-order valence-electron chi connectivity index (χ0n) is 10.7. The first-order chi connectivity index (χ1) is 7.00. The van der Waals surface area contributed by atoms with Crippen LogP contribution in [0.1, 0.15) is 33.6 Å². The molecule has 0 aliphatic carbocycles. The van der Waals surface area contributed by atoms with Crippen molar-refractivity contribution in [3.63, 3.8) is 0 Å². The summed E-state index contributed by atoms with van der Waals surface area (Å²) in [4.78, 5) is 12.3. The zero-order chi connectivity index (χ0) is 11.9. The van der Waals surface area contributed by atoms with Gasteiger partial charge in [-0.2, -0.15) is 0 Å². The van der Waals surface area contributed by atoms with E-state index in [2.05, 4.69) is 25.5 Å². The minimum absolute atomic E-state index is 0.458. The second kappa shape index (κ2) is 6.83. The Hall–Kier alpha value is -0.570. The predicted molar refractivity (Wildman–Crippen MR) is 62.7 cm³/mol. The molecular formula is C12H25NO2. The van der Waals surface area contributed by atoms with E-state index in [4.69, 9.17) is 0 Å². The van der Waals surface area contributed by atoms with Crippen molar-refractivity contribution in [3.05, 3.63) is 0 Å². The normalized spacial score (nSPS) is 19.5. The van der Waals surface area contributed by atoms with Crippen molar-refractivity contribution in [1.29, 1.82) is 0 Å². The monoisotopic (exact) mass is 215 g/mol. The van der Waals surface area contributed by atoms with Gasteiger partial charge in [0.25, 0.3) is 0 Å². The van der Waals surface area contributed by atoms with E-state index in [1.54, 1.807) is 14.2 Å². The van der Waals surface area contributed by atoms with Gasteiger partial charge < -0.3 is 9.64 Å². The Balaban J connectivity index is 0.000000583. The minimum atomic E-state index is 0.458. The number of nitrogens with zero attached hydrogens (tertiary/aromatic N) is 1. The van der Waals surface area contributed by atoms with Crippen LogP contribution in [0.4, 0.5) is 0 Å². The lowest BCUT2D eigenvalue weighted by Crippen LogP contribution is -2.40. The molecule has 1 fully saturated rings. The summed E-state index contributed by atoms with van der Waals surface area (Å²) in [5.74, 6) is 0.728. The summed E-state index contributed by atoms with van der Waals surface area (Å²) in [5, 5.41) is 0. The van der Waals surface area contributed by atoms with Gasteiger partial charge in [0.05, 0.1) is 0 Å². The standard InChI is InChI=1S/C10H19NO.C2H6O/c1-9(2)10(3)4-6-11(8-12)7-5-10;1-3-2/h8-9H,4-7H2,1-3H3;1-2H3. The lowest BCUT2D eigenvalue weighted by molar-refractivity contribution is -0.120. The number of amides is 1. The average molecular weight is 215 g/mol. The maximum atomic E-state index is 10.5. The van der Waals surface area contributed by atoms with E-state index in [1.165, 1.54) is 0 Å². The van der Waals surface area contributed by atoms with Crippen molar-refractivity contribution >= 4 is 6.41 Å². The van der Waals surface area contributed by atoms with Gasteiger partial charge in [-0.05, 0) is 24.2 Å². The molecule has 1 aliphatic heterocycles. The Labute approximate surface area is 93.8 Å². The number of rotatable bonds is 2. The first-order valence-corrected chi connectivity index (χ1v) is 5.59. The number of carbonyl (C=O) groups is 1. The number of methoxy groups -OCH3 is 1. The first kappa shape index (κ1) is 14.4. The second-order valence-electron chi connectivity index (χ2n) is 4.86. The number of piperidine rings is 1. The van der Waals surface area contributed by atoms with Gasteiger partial charge in [0.2, 0.25) is 6.41 Å². The van der Waals surface area contributed by atoms with E-state index in [0.29, 0.717) is 5.41 Å². The van der Waals surface area contributed by atoms with E-state index < -0.39 is 0 Å². The molecule has 90 valence electrons. The molecule has 1 aliphatic rings. The molecule has 1 amide bonds. The molecular weight excluding hydrogens is 190 g/mol. The van der Waals surface area contributed by atoms with Gasteiger partial charge in [0, 0.05) is 27.3 Å². The summed E-state index contributed by atoms with van der Waals surface area (Å²) in [6.07, 6.45) is 3.28. The van der Waals surface area contributed by atoms with Gasteiger partial charge in [-0.25, -0.2) is 0 Å². The summed E-state index contributed by atoms with van der Waals surface area (Å²) in [6, 6.07) is 0. The number of hydrogen-bond acceptors (Lipinski definition) is 2. The largest absolute Gasteiger partial charge is 0.388 e. The zero-order valence-corrected chi connectivity index (χ0v) is 10.7. The molecule has 0 radical (unpaired) electrons. The lowest BCUT2D eigenvalue weighted by atomic mass is 9.72. The highest BCUT2D eigenvalue weighted by Gasteiger charge is 2.32. The summed E-state index contributed by atoms with van der Waals surface area (Å²) in [7, 11) is 3.25. The van der Waals surface area contributed by atoms with Crippen molar-refractivity contribution < 1.29 is 9.53 Å². The van der Waals surface area contributed by atoms with E-state index in [1.807, 2.05) is 4.90 Å². The predicted octanol–water partition coefficient (Wildman–Crippen LogP) is 2.16. The Kier molecular flexibility index (Phi) is 6.57. The molecule has 1 heterocycles. The average Bonchev–Trinajstić information content (AvgIpc) is 2.20. The molecule has 0 bridgehead atoms. The van der Waals surface area contributed by atoms with Gasteiger partial charge >= 0.3 is 0 Å². The van der Waals surface area contributed by atoms with Gasteiger partial charge in [-0.15, -0.1) is 0 Å². The van der Waals surface area contributed by atoms with Crippen LogP contribution < -0.4 is 0 Å². The fourth-order valence-corrected chi connectivity index (χ4v) is 1.72. The SMILES string of the molecule is CC(C)C1(C)CCN(C=O)CC1.COC. The van der Waals surface area contributed by atoms with Crippen molar-refractivity contribution in [3.8, 4) is 0 Å². The highest BCUT2D eigenvalue weighted by atomic mass is 16.4.